The Balaban J connectivity index is 2.18. The van der Waals surface area contributed by atoms with Gasteiger partial charge in [-0.05, 0) is 25.5 Å². The lowest BCUT2D eigenvalue weighted by Crippen LogP contribution is -2.55. The number of aliphatic hydroxyl groups is 1. The number of nitrogens with two attached hydrogens (primary N) is 1. The van der Waals surface area contributed by atoms with Gasteiger partial charge in [-0.3, -0.25) is 9.88 Å². The number of nitrogens with zero attached hydrogens (tertiary/aromatic N) is 2. The highest BCUT2D eigenvalue weighted by molar-refractivity contribution is 5.15. The molecule has 0 spiro atoms. The summed E-state index contributed by atoms with van der Waals surface area (Å²) in [7, 11) is 0. The molecule has 2 atom stereocenters. The molecule has 1 fully saturated rings. The van der Waals surface area contributed by atoms with Crippen molar-refractivity contribution in [2.24, 2.45) is 5.73 Å². The van der Waals surface area contributed by atoms with E-state index in [2.05, 4.69) is 9.88 Å². The second-order valence-corrected chi connectivity index (χ2v) is 5.65. The monoisotopic (exact) mass is 265 g/mol. The molecular weight excluding hydrogens is 242 g/mol. The number of aromatic nitrogens is 1. The van der Waals surface area contributed by atoms with Gasteiger partial charge in [0.25, 0.3) is 0 Å². The van der Waals surface area contributed by atoms with Crippen molar-refractivity contribution in [2.75, 3.05) is 26.2 Å². The van der Waals surface area contributed by atoms with Crippen LogP contribution in [0.4, 0.5) is 0 Å². The van der Waals surface area contributed by atoms with Crippen molar-refractivity contribution in [3.8, 4) is 0 Å². The lowest BCUT2D eigenvalue weighted by molar-refractivity contribution is -0.156. The Kier molecular flexibility index (Phi) is 4.52. The number of hydrogen-bond donors (Lipinski definition) is 2. The fourth-order valence-electron chi connectivity index (χ4n) is 2.74. The second-order valence-electron chi connectivity index (χ2n) is 5.65. The lowest BCUT2D eigenvalue weighted by Gasteiger charge is -2.45. The van der Waals surface area contributed by atoms with Crippen molar-refractivity contribution >= 4 is 0 Å². The Labute approximate surface area is 114 Å². The van der Waals surface area contributed by atoms with E-state index in [9.17, 15) is 5.11 Å². The molecule has 1 aromatic heterocycles. The largest absolute Gasteiger partial charge is 0.394 e. The zero-order valence-electron chi connectivity index (χ0n) is 11.6. The summed E-state index contributed by atoms with van der Waals surface area (Å²) in [4.78, 5) is 6.44. The second kappa shape index (κ2) is 5.96. The Bertz CT molecular complexity index is 397. The fourth-order valence-corrected chi connectivity index (χ4v) is 2.74. The molecule has 0 bridgehead atoms. The van der Waals surface area contributed by atoms with Gasteiger partial charge in [-0.1, -0.05) is 6.07 Å². The van der Waals surface area contributed by atoms with E-state index < -0.39 is 0 Å². The molecule has 2 unspecified atom stereocenters. The van der Waals surface area contributed by atoms with Gasteiger partial charge < -0.3 is 15.6 Å². The molecule has 2 rings (SSSR count). The van der Waals surface area contributed by atoms with E-state index in [4.69, 9.17) is 10.5 Å². The average molecular weight is 265 g/mol. The topological polar surface area (TPSA) is 71.6 Å². The molecule has 5 nitrogen and oxygen atoms in total. The fraction of sp³-hybridized carbons (Fsp3) is 0.643. The lowest BCUT2D eigenvalue weighted by atomic mass is 10.00. The Hall–Kier alpha value is -1.01. The maximum atomic E-state index is 9.37. The molecule has 5 heteroatoms. The number of hydrogen-bond acceptors (Lipinski definition) is 5. The van der Waals surface area contributed by atoms with Crippen LogP contribution in [0.3, 0.4) is 0 Å². The zero-order valence-corrected chi connectivity index (χ0v) is 11.6. The third-order valence-corrected chi connectivity index (χ3v) is 3.44. The Morgan fingerprint density at radius 1 is 1.63 bits per heavy atom. The van der Waals surface area contributed by atoms with Crippen molar-refractivity contribution in [1.29, 1.82) is 0 Å². The van der Waals surface area contributed by atoms with Crippen LogP contribution in [0.5, 0.6) is 0 Å². The summed E-state index contributed by atoms with van der Waals surface area (Å²) in [5, 5.41) is 9.37. The van der Waals surface area contributed by atoms with Gasteiger partial charge in [0.15, 0.2) is 0 Å². The number of rotatable bonds is 4. The maximum Gasteiger partial charge on any atom is 0.0940 e. The van der Waals surface area contributed by atoms with Crippen LogP contribution >= 0.6 is 0 Å². The zero-order chi connectivity index (χ0) is 13.9. The van der Waals surface area contributed by atoms with E-state index in [1.54, 1.807) is 6.20 Å². The third kappa shape index (κ3) is 3.51. The van der Waals surface area contributed by atoms with Crippen LogP contribution in [0.25, 0.3) is 0 Å². The van der Waals surface area contributed by atoms with Gasteiger partial charge in [0, 0.05) is 38.1 Å². The summed E-state index contributed by atoms with van der Waals surface area (Å²) >= 11 is 0. The van der Waals surface area contributed by atoms with Crippen LogP contribution in [-0.4, -0.2) is 52.9 Å². The van der Waals surface area contributed by atoms with E-state index in [0.29, 0.717) is 13.1 Å². The maximum absolute atomic E-state index is 9.37. The van der Waals surface area contributed by atoms with Crippen molar-refractivity contribution in [3.05, 3.63) is 30.1 Å². The quantitative estimate of drug-likeness (QED) is 0.832. The number of ether oxygens (including phenoxy) is 1. The smallest absolute Gasteiger partial charge is 0.0940 e. The van der Waals surface area contributed by atoms with E-state index in [-0.39, 0.29) is 24.4 Å². The van der Waals surface area contributed by atoms with Crippen LogP contribution in [0.2, 0.25) is 0 Å². The van der Waals surface area contributed by atoms with Crippen molar-refractivity contribution in [1.82, 2.24) is 9.88 Å². The first kappa shape index (κ1) is 14.4. The molecule has 19 heavy (non-hydrogen) atoms. The normalized spacial score (nSPS) is 25.2. The number of pyridine rings is 1. The SMILES string of the molecule is CC1(C)CN(C(CN)c2cccnc2)CC(CO)O1. The summed E-state index contributed by atoms with van der Waals surface area (Å²) in [6, 6.07) is 4.08. The molecule has 0 aromatic carbocycles. The average Bonchev–Trinajstić information content (AvgIpc) is 2.39. The number of morpholine rings is 1. The summed E-state index contributed by atoms with van der Waals surface area (Å²) in [5.74, 6) is 0. The first-order valence-corrected chi connectivity index (χ1v) is 6.68. The highest BCUT2D eigenvalue weighted by Crippen LogP contribution is 2.28. The summed E-state index contributed by atoms with van der Waals surface area (Å²) in [6.07, 6.45) is 3.46. The third-order valence-electron chi connectivity index (χ3n) is 3.44. The molecule has 2 heterocycles. The molecule has 0 saturated carbocycles. The highest BCUT2D eigenvalue weighted by atomic mass is 16.5. The molecule has 3 N–H and O–H groups in total. The highest BCUT2D eigenvalue weighted by Gasteiger charge is 2.36. The first-order chi connectivity index (χ1) is 9.05. The van der Waals surface area contributed by atoms with Crippen molar-refractivity contribution in [2.45, 2.75) is 31.6 Å². The van der Waals surface area contributed by atoms with Crippen molar-refractivity contribution in [3.63, 3.8) is 0 Å². The van der Waals surface area contributed by atoms with Crippen LogP contribution in [0.15, 0.2) is 24.5 Å². The van der Waals surface area contributed by atoms with Gasteiger partial charge in [-0.25, -0.2) is 0 Å². The van der Waals surface area contributed by atoms with Crippen LogP contribution in [-0.2, 0) is 4.74 Å². The van der Waals surface area contributed by atoms with E-state index in [1.165, 1.54) is 0 Å². The van der Waals surface area contributed by atoms with E-state index >= 15 is 0 Å². The molecule has 1 saturated heterocycles. The van der Waals surface area contributed by atoms with Crippen molar-refractivity contribution < 1.29 is 9.84 Å². The van der Waals surface area contributed by atoms with Crippen LogP contribution in [0.1, 0.15) is 25.5 Å². The van der Waals surface area contributed by atoms with E-state index in [0.717, 1.165) is 12.1 Å². The molecule has 1 aliphatic rings. The van der Waals surface area contributed by atoms with Crippen LogP contribution < -0.4 is 5.73 Å². The Morgan fingerprint density at radius 2 is 2.42 bits per heavy atom. The Morgan fingerprint density at radius 3 is 3.00 bits per heavy atom. The standard InChI is InChI=1S/C14H23N3O2/c1-14(2)10-17(8-12(9-18)19-14)13(6-15)11-4-3-5-16-7-11/h3-5,7,12-13,18H,6,8-10,15H2,1-2H3. The minimum Gasteiger partial charge on any atom is -0.394 e. The minimum atomic E-state index is -0.277. The summed E-state index contributed by atoms with van der Waals surface area (Å²) < 4.78 is 5.84. The van der Waals surface area contributed by atoms with Gasteiger partial charge in [-0.15, -0.1) is 0 Å². The van der Waals surface area contributed by atoms with Gasteiger partial charge in [-0.2, -0.15) is 0 Å². The minimum absolute atomic E-state index is 0.0320. The molecular formula is C14H23N3O2. The summed E-state index contributed by atoms with van der Waals surface area (Å²) in [5.41, 5.74) is 6.77. The molecule has 0 amide bonds. The predicted molar refractivity (Wildman–Crippen MR) is 73.6 cm³/mol. The van der Waals surface area contributed by atoms with Gasteiger partial charge in [0.2, 0.25) is 0 Å². The number of aliphatic hydroxyl groups excluding tert-OH is 1. The first-order valence-electron chi connectivity index (χ1n) is 6.68. The molecule has 1 aliphatic heterocycles. The van der Waals surface area contributed by atoms with Gasteiger partial charge in [0.05, 0.1) is 18.3 Å². The molecule has 0 aliphatic carbocycles. The van der Waals surface area contributed by atoms with Gasteiger partial charge >= 0.3 is 0 Å². The van der Waals surface area contributed by atoms with Crippen LogP contribution in [0, 0.1) is 0 Å². The van der Waals surface area contributed by atoms with E-state index in [1.807, 2.05) is 32.2 Å². The van der Waals surface area contributed by atoms with Gasteiger partial charge in [0.1, 0.15) is 0 Å². The molecule has 106 valence electrons. The molecule has 1 aromatic rings. The predicted octanol–water partition coefficient (Wildman–Crippen LogP) is 0.553. The summed E-state index contributed by atoms with van der Waals surface area (Å²) in [6.45, 7) is 6.12. The molecule has 0 radical (unpaired) electrons.